The molecule has 182 valence electrons. The van der Waals surface area contributed by atoms with Crippen LogP contribution in [0.2, 0.25) is 0 Å². The minimum Gasteiger partial charge on any atom is -0.377 e. The quantitative estimate of drug-likeness (QED) is 0.547. The van der Waals surface area contributed by atoms with Gasteiger partial charge in [-0.3, -0.25) is 4.79 Å². The lowest BCUT2D eigenvalue weighted by molar-refractivity contribution is 0.0925. The van der Waals surface area contributed by atoms with Crippen molar-refractivity contribution in [2.24, 2.45) is 0 Å². The van der Waals surface area contributed by atoms with Crippen LogP contribution in [0.5, 0.6) is 0 Å². The number of pyridine rings is 1. The number of H-pyrrole nitrogens is 1. The van der Waals surface area contributed by atoms with Crippen molar-refractivity contribution in [1.29, 1.82) is 0 Å². The van der Waals surface area contributed by atoms with Crippen LogP contribution >= 0.6 is 0 Å². The van der Waals surface area contributed by atoms with Gasteiger partial charge in [-0.15, -0.1) is 0 Å². The van der Waals surface area contributed by atoms with E-state index in [4.69, 9.17) is 4.74 Å². The summed E-state index contributed by atoms with van der Waals surface area (Å²) in [7, 11) is -3.84. The summed E-state index contributed by atoms with van der Waals surface area (Å²) < 4.78 is 34.6. The molecule has 2 heterocycles. The minimum atomic E-state index is -3.84. The van der Waals surface area contributed by atoms with Gasteiger partial charge in [-0.25, -0.2) is 8.42 Å². The second kappa shape index (κ2) is 9.29. The first-order chi connectivity index (χ1) is 15.9. The number of nitrogens with one attached hydrogen (secondary N) is 1. The predicted molar refractivity (Wildman–Crippen MR) is 136 cm³/mol. The van der Waals surface area contributed by atoms with Gasteiger partial charge in [0.15, 0.2) is 0 Å². The number of hydrogen-bond donors (Lipinski definition) is 1. The van der Waals surface area contributed by atoms with Crippen molar-refractivity contribution < 1.29 is 13.2 Å². The number of aromatic nitrogens is 1. The van der Waals surface area contributed by atoms with Gasteiger partial charge in [0.2, 0.25) is 10.0 Å². The normalized spacial score (nSPS) is 17.1. The maximum atomic E-state index is 13.7. The Hall–Kier alpha value is -2.48. The third kappa shape index (κ3) is 5.11. The highest BCUT2D eigenvalue weighted by atomic mass is 32.2. The molecule has 34 heavy (non-hydrogen) atoms. The standard InChI is InChI=1S/C27H34N2O4S/c1-18-13-19(2)24-15-20(26(30)28-25(24)14-18)16-29(17-22-7-6-12-33-22)34(31,32)23-10-8-21(9-11-23)27(3,4)5/h8-11,13-15,22H,6-7,12,16-17H2,1-5H3,(H,28,30)/t22-/m1/s1. The Bertz CT molecular complexity index is 1350. The number of rotatable bonds is 6. The minimum absolute atomic E-state index is 0.0121. The monoisotopic (exact) mass is 482 g/mol. The van der Waals surface area contributed by atoms with E-state index in [2.05, 4.69) is 31.8 Å². The highest BCUT2D eigenvalue weighted by Gasteiger charge is 2.30. The SMILES string of the molecule is Cc1cc(C)c2cc(CN(C[C@H]3CCCO3)S(=O)(=O)c3ccc(C(C)(C)C)cc3)c(=O)[nH]c2c1. The molecular weight excluding hydrogens is 448 g/mol. The van der Waals surface area contributed by atoms with E-state index < -0.39 is 10.0 Å². The third-order valence-corrected chi connectivity index (χ3v) is 8.35. The molecule has 7 heteroatoms. The molecule has 0 spiro atoms. The number of nitrogens with zero attached hydrogens (tertiary/aromatic N) is 1. The van der Waals surface area contributed by atoms with E-state index in [-0.39, 0.29) is 35.1 Å². The third-order valence-electron chi connectivity index (χ3n) is 6.53. The van der Waals surface area contributed by atoms with E-state index in [1.54, 1.807) is 12.1 Å². The molecule has 0 radical (unpaired) electrons. The van der Waals surface area contributed by atoms with Crippen LogP contribution < -0.4 is 5.56 Å². The lowest BCUT2D eigenvalue weighted by Crippen LogP contribution is -2.38. The lowest BCUT2D eigenvalue weighted by Gasteiger charge is -2.25. The molecule has 0 bridgehead atoms. The highest BCUT2D eigenvalue weighted by molar-refractivity contribution is 7.89. The van der Waals surface area contributed by atoms with Gasteiger partial charge in [-0.1, -0.05) is 39.0 Å². The number of hydrogen-bond acceptors (Lipinski definition) is 4. The molecule has 0 aliphatic carbocycles. The van der Waals surface area contributed by atoms with Crippen LogP contribution in [0.25, 0.3) is 10.9 Å². The summed E-state index contributed by atoms with van der Waals surface area (Å²) in [5, 5.41) is 0.921. The topological polar surface area (TPSA) is 79.5 Å². The Morgan fingerprint density at radius 3 is 2.41 bits per heavy atom. The molecule has 0 saturated carbocycles. The van der Waals surface area contributed by atoms with Crippen LogP contribution in [0, 0.1) is 13.8 Å². The molecule has 6 nitrogen and oxygen atoms in total. The number of fused-ring (bicyclic) bond motifs is 1. The van der Waals surface area contributed by atoms with Crippen molar-refractivity contribution in [3.63, 3.8) is 0 Å². The van der Waals surface area contributed by atoms with Gasteiger partial charge >= 0.3 is 0 Å². The zero-order chi connectivity index (χ0) is 24.7. The zero-order valence-corrected chi connectivity index (χ0v) is 21.5. The smallest absolute Gasteiger partial charge is 0.252 e. The van der Waals surface area contributed by atoms with E-state index >= 15 is 0 Å². The van der Waals surface area contributed by atoms with Gasteiger partial charge in [-0.05, 0) is 73.1 Å². The first kappa shape index (κ1) is 24.6. The van der Waals surface area contributed by atoms with Gasteiger partial charge in [0.25, 0.3) is 5.56 Å². The fourth-order valence-corrected chi connectivity index (χ4v) is 6.01. The summed E-state index contributed by atoms with van der Waals surface area (Å²) in [6.07, 6.45) is 1.54. The van der Waals surface area contributed by atoms with Gasteiger partial charge in [0.1, 0.15) is 0 Å². The molecule has 0 amide bonds. The number of sulfonamides is 1. The lowest BCUT2D eigenvalue weighted by atomic mass is 9.87. The Morgan fingerprint density at radius 1 is 1.09 bits per heavy atom. The van der Waals surface area contributed by atoms with E-state index in [0.717, 1.165) is 40.4 Å². The van der Waals surface area contributed by atoms with Crippen molar-refractivity contribution in [3.8, 4) is 0 Å². The summed E-state index contributed by atoms with van der Waals surface area (Å²) >= 11 is 0. The van der Waals surface area contributed by atoms with Gasteiger partial charge in [0, 0.05) is 36.2 Å². The molecule has 1 N–H and O–H groups in total. The summed E-state index contributed by atoms with van der Waals surface area (Å²) in [6.45, 7) is 11.1. The van der Waals surface area contributed by atoms with Crippen molar-refractivity contribution in [3.05, 3.63) is 75.1 Å². The number of aromatic amines is 1. The summed E-state index contributed by atoms with van der Waals surface area (Å²) in [5.74, 6) is 0. The summed E-state index contributed by atoms with van der Waals surface area (Å²) in [6, 6.07) is 12.9. The van der Waals surface area contributed by atoms with Crippen LogP contribution in [0.15, 0.2) is 52.2 Å². The van der Waals surface area contributed by atoms with E-state index in [9.17, 15) is 13.2 Å². The van der Waals surface area contributed by atoms with Crippen molar-refractivity contribution >= 4 is 20.9 Å². The number of aryl methyl sites for hydroxylation is 2. The zero-order valence-electron chi connectivity index (χ0n) is 20.6. The molecule has 1 aliphatic heterocycles. The molecular formula is C27H34N2O4S. The van der Waals surface area contributed by atoms with Crippen molar-refractivity contribution in [1.82, 2.24) is 9.29 Å². The fraction of sp³-hybridized carbons (Fsp3) is 0.444. The van der Waals surface area contributed by atoms with Crippen LogP contribution in [-0.2, 0) is 26.7 Å². The van der Waals surface area contributed by atoms with Crippen molar-refractivity contribution in [2.45, 2.75) is 70.4 Å². The summed E-state index contributed by atoms with van der Waals surface area (Å²) in [4.78, 5) is 16.1. The molecule has 1 fully saturated rings. The Balaban J connectivity index is 1.73. The first-order valence-corrected chi connectivity index (χ1v) is 13.2. The number of ether oxygens (including phenoxy) is 1. The van der Waals surface area contributed by atoms with Gasteiger partial charge in [0.05, 0.1) is 11.0 Å². The highest BCUT2D eigenvalue weighted by Crippen LogP contribution is 2.27. The predicted octanol–water partition coefficient (Wildman–Crippen LogP) is 4.81. The van der Waals surface area contributed by atoms with E-state index in [1.807, 2.05) is 38.1 Å². The Kier molecular flexibility index (Phi) is 6.73. The molecule has 1 atom stereocenters. The maximum absolute atomic E-state index is 13.7. The molecule has 1 saturated heterocycles. The summed E-state index contributed by atoms with van der Waals surface area (Å²) in [5.41, 5.74) is 4.01. The van der Waals surface area contributed by atoms with Gasteiger partial charge < -0.3 is 9.72 Å². The van der Waals surface area contributed by atoms with Crippen LogP contribution in [0.4, 0.5) is 0 Å². The second-order valence-electron chi connectivity index (χ2n) is 10.4. The molecule has 2 aromatic carbocycles. The van der Waals surface area contributed by atoms with Gasteiger partial charge in [-0.2, -0.15) is 4.31 Å². The average Bonchev–Trinajstić information content (AvgIpc) is 3.26. The fourth-order valence-electron chi connectivity index (χ4n) is 4.56. The Labute approximate surface area is 202 Å². The average molecular weight is 483 g/mol. The van der Waals surface area contributed by atoms with E-state index in [0.29, 0.717) is 12.2 Å². The molecule has 4 rings (SSSR count). The van der Waals surface area contributed by atoms with Crippen LogP contribution in [0.3, 0.4) is 0 Å². The Morgan fingerprint density at radius 2 is 1.79 bits per heavy atom. The maximum Gasteiger partial charge on any atom is 0.252 e. The van der Waals surface area contributed by atoms with Crippen LogP contribution in [-0.4, -0.2) is 37.0 Å². The largest absolute Gasteiger partial charge is 0.377 e. The van der Waals surface area contributed by atoms with Crippen molar-refractivity contribution in [2.75, 3.05) is 13.2 Å². The van der Waals surface area contributed by atoms with Crippen LogP contribution in [0.1, 0.15) is 55.9 Å². The number of benzene rings is 2. The molecule has 1 aliphatic rings. The second-order valence-corrected chi connectivity index (χ2v) is 12.3. The van der Waals surface area contributed by atoms with E-state index in [1.165, 1.54) is 4.31 Å². The molecule has 1 aromatic heterocycles. The molecule has 3 aromatic rings. The first-order valence-electron chi connectivity index (χ1n) is 11.8. The molecule has 0 unspecified atom stereocenters.